The first-order valence-electron chi connectivity index (χ1n) is 7.90. The van der Waals surface area contributed by atoms with Crippen molar-refractivity contribution in [2.75, 3.05) is 7.05 Å². The van der Waals surface area contributed by atoms with E-state index < -0.39 is 0 Å². The molecule has 2 rings (SSSR count). The van der Waals surface area contributed by atoms with Crippen LogP contribution >= 0.6 is 0 Å². The van der Waals surface area contributed by atoms with E-state index in [4.69, 9.17) is 4.98 Å². The lowest BCUT2D eigenvalue weighted by Crippen LogP contribution is -2.18. The van der Waals surface area contributed by atoms with Crippen LogP contribution in [0, 0.1) is 6.92 Å². The lowest BCUT2D eigenvalue weighted by molar-refractivity contribution is 0.499. The Morgan fingerprint density at radius 2 is 2.05 bits per heavy atom. The molecule has 2 nitrogen and oxygen atoms in total. The van der Waals surface area contributed by atoms with Gasteiger partial charge in [0.05, 0.1) is 11.2 Å². The van der Waals surface area contributed by atoms with E-state index in [2.05, 4.69) is 49.2 Å². The summed E-state index contributed by atoms with van der Waals surface area (Å²) in [6.45, 7) is 5.94. The second-order valence-corrected chi connectivity index (χ2v) is 5.65. The Hall–Kier alpha value is -1.67. The molecule has 0 amide bonds. The molecule has 2 aromatic rings. The van der Waals surface area contributed by atoms with E-state index in [9.17, 15) is 0 Å². The van der Waals surface area contributed by atoms with Gasteiger partial charge in [-0.3, -0.25) is 4.98 Å². The van der Waals surface area contributed by atoms with Crippen LogP contribution < -0.4 is 5.32 Å². The van der Waals surface area contributed by atoms with Crippen molar-refractivity contribution in [3.05, 3.63) is 54.2 Å². The Morgan fingerprint density at radius 1 is 1.24 bits per heavy atom. The molecular formula is C19H26N2. The second-order valence-electron chi connectivity index (χ2n) is 5.65. The summed E-state index contributed by atoms with van der Waals surface area (Å²) in [5.74, 6) is 0. The van der Waals surface area contributed by atoms with Crippen molar-refractivity contribution >= 4 is 10.9 Å². The molecule has 0 saturated heterocycles. The van der Waals surface area contributed by atoms with Crippen molar-refractivity contribution in [3.8, 4) is 0 Å². The van der Waals surface area contributed by atoms with Crippen LogP contribution in [0.4, 0.5) is 0 Å². The molecule has 1 heterocycles. The van der Waals surface area contributed by atoms with E-state index in [-0.39, 0.29) is 0 Å². The first-order chi connectivity index (χ1) is 10.3. The highest BCUT2D eigenvalue weighted by atomic mass is 14.9. The lowest BCUT2D eigenvalue weighted by Gasteiger charge is -2.17. The number of fused-ring (bicyclic) bond motifs is 1. The number of aromatic nitrogens is 1. The van der Waals surface area contributed by atoms with Crippen LogP contribution in [-0.2, 0) is 0 Å². The molecule has 0 bridgehead atoms. The molecule has 0 aliphatic carbocycles. The number of benzene rings is 1. The summed E-state index contributed by atoms with van der Waals surface area (Å²) in [5.41, 5.74) is 3.57. The number of hydrogen-bond donors (Lipinski definition) is 1. The largest absolute Gasteiger partial charge is 0.312 e. The molecule has 0 radical (unpaired) electrons. The third-order valence-electron chi connectivity index (χ3n) is 4.05. The van der Waals surface area contributed by atoms with Crippen molar-refractivity contribution in [3.63, 3.8) is 0 Å². The summed E-state index contributed by atoms with van der Waals surface area (Å²) < 4.78 is 0. The molecule has 1 aromatic heterocycles. The topological polar surface area (TPSA) is 24.9 Å². The van der Waals surface area contributed by atoms with Crippen LogP contribution in [0.25, 0.3) is 10.9 Å². The fourth-order valence-electron chi connectivity index (χ4n) is 2.81. The Morgan fingerprint density at radius 3 is 2.81 bits per heavy atom. The Kier molecular flexibility index (Phi) is 5.94. The molecular weight excluding hydrogens is 256 g/mol. The lowest BCUT2D eigenvalue weighted by atomic mass is 10.0. The van der Waals surface area contributed by atoms with Gasteiger partial charge in [-0.2, -0.15) is 0 Å². The van der Waals surface area contributed by atoms with Gasteiger partial charge in [0.15, 0.2) is 0 Å². The SMILES string of the molecule is C=CCCCCCC(NC)c1cc(C)c2ccccc2n1. The van der Waals surface area contributed by atoms with Crippen molar-refractivity contribution in [1.82, 2.24) is 10.3 Å². The fourth-order valence-corrected chi connectivity index (χ4v) is 2.81. The van der Waals surface area contributed by atoms with Gasteiger partial charge < -0.3 is 5.32 Å². The molecule has 0 spiro atoms. The van der Waals surface area contributed by atoms with Gasteiger partial charge in [0.1, 0.15) is 0 Å². The predicted octanol–water partition coefficient (Wildman–Crippen LogP) is 4.94. The van der Waals surface area contributed by atoms with Crippen LogP contribution in [0.3, 0.4) is 0 Å². The standard InChI is InChI=1S/C19H26N2/c1-4-5-6-7-8-13-18(20-3)19-14-15(2)16-11-9-10-12-17(16)21-19/h4,9-12,14,18,20H,1,5-8,13H2,2-3H3. The molecule has 1 N–H and O–H groups in total. The van der Waals surface area contributed by atoms with Gasteiger partial charge in [0, 0.05) is 11.4 Å². The highest BCUT2D eigenvalue weighted by Gasteiger charge is 2.12. The summed E-state index contributed by atoms with van der Waals surface area (Å²) in [6, 6.07) is 11.0. The van der Waals surface area contributed by atoms with E-state index in [1.807, 2.05) is 13.1 Å². The van der Waals surface area contributed by atoms with Crippen LogP contribution in [-0.4, -0.2) is 12.0 Å². The number of rotatable bonds is 8. The Balaban J connectivity index is 2.09. The van der Waals surface area contributed by atoms with Crippen molar-refractivity contribution in [2.45, 2.75) is 45.1 Å². The molecule has 1 aromatic carbocycles. The first kappa shape index (κ1) is 15.7. The average molecular weight is 282 g/mol. The number of unbranched alkanes of at least 4 members (excludes halogenated alkanes) is 3. The quantitative estimate of drug-likeness (QED) is 0.548. The molecule has 1 unspecified atom stereocenters. The molecule has 2 heteroatoms. The Labute approximate surface area is 128 Å². The third kappa shape index (κ3) is 4.15. The van der Waals surface area contributed by atoms with E-state index in [0.29, 0.717) is 6.04 Å². The Bertz CT molecular complexity index is 589. The first-order valence-corrected chi connectivity index (χ1v) is 7.90. The second kappa shape index (κ2) is 7.94. The van der Waals surface area contributed by atoms with Crippen molar-refractivity contribution in [1.29, 1.82) is 0 Å². The number of nitrogens with one attached hydrogen (secondary N) is 1. The van der Waals surface area contributed by atoms with Crippen LogP contribution in [0.2, 0.25) is 0 Å². The summed E-state index contributed by atoms with van der Waals surface area (Å²) in [6.07, 6.45) is 7.99. The molecule has 21 heavy (non-hydrogen) atoms. The molecule has 112 valence electrons. The number of aryl methyl sites for hydroxylation is 1. The highest BCUT2D eigenvalue weighted by Crippen LogP contribution is 2.24. The van der Waals surface area contributed by atoms with Crippen molar-refractivity contribution < 1.29 is 0 Å². The van der Waals surface area contributed by atoms with E-state index >= 15 is 0 Å². The molecule has 1 atom stereocenters. The molecule has 0 saturated carbocycles. The zero-order chi connectivity index (χ0) is 15.1. The minimum absolute atomic E-state index is 0.344. The number of pyridine rings is 1. The van der Waals surface area contributed by atoms with E-state index in [1.54, 1.807) is 0 Å². The third-order valence-corrected chi connectivity index (χ3v) is 4.05. The summed E-state index contributed by atoms with van der Waals surface area (Å²) in [4.78, 5) is 4.84. The van der Waals surface area contributed by atoms with Gasteiger partial charge in [-0.15, -0.1) is 6.58 Å². The highest BCUT2D eigenvalue weighted by molar-refractivity contribution is 5.82. The maximum Gasteiger partial charge on any atom is 0.0708 e. The minimum Gasteiger partial charge on any atom is -0.312 e. The maximum absolute atomic E-state index is 4.84. The normalized spacial score (nSPS) is 12.5. The van der Waals surface area contributed by atoms with Crippen LogP contribution in [0.1, 0.15) is 49.4 Å². The van der Waals surface area contributed by atoms with Gasteiger partial charge in [-0.05, 0) is 50.9 Å². The van der Waals surface area contributed by atoms with Gasteiger partial charge in [-0.1, -0.05) is 37.1 Å². The van der Waals surface area contributed by atoms with Crippen LogP contribution in [0.15, 0.2) is 43.0 Å². The minimum atomic E-state index is 0.344. The van der Waals surface area contributed by atoms with E-state index in [0.717, 1.165) is 24.1 Å². The fraction of sp³-hybridized carbons (Fsp3) is 0.421. The zero-order valence-electron chi connectivity index (χ0n) is 13.2. The zero-order valence-corrected chi connectivity index (χ0v) is 13.2. The smallest absolute Gasteiger partial charge is 0.0708 e. The number of hydrogen-bond acceptors (Lipinski definition) is 2. The molecule has 0 fully saturated rings. The van der Waals surface area contributed by atoms with Crippen LogP contribution in [0.5, 0.6) is 0 Å². The summed E-state index contributed by atoms with van der Waals surface area (Å²) in [5, 5.41) is 4.67. The molecule has 0 aliphatic rings. The number of allylic oxidation sites excluding steroid dienone is 1. The number of nitrogens with zero attached hydrogens (tertiary/aromatic N) is 1. The van der Waals surface area contributed by atoms with Crippen molar-refractivity contribution in [2.24, 2.45) is 0 Å². The van der Waals surface area contributed by atoms with Gasteiger partial charge >= 0.3 is 0 Å². The average Bonchev–Trinajstić information content (AvgIpc) is 2.51. The summed E-state index contributed by atoms with van der Waals surface area (Å²) >= 11 is 0. The number of para-hydroxylation sites is 1. The van der Waals surface area contributed by atoms with Gasteiger partial charge in [0.25, 0.3) is 0 Å². The monoisotopic (exact) mass is 282 g/mol. The maximum atomic E-state index is 4.84. The van der Waals surface area contributed by atoms with Gasteiger partial charge in [-0.25, -0.2) is 0 Å². The van der Waals surface area contributed by atoms with E-state index in [1.165, 1.54) is 30.2 Å². The molecule has 0 aliphatic heterocycles. The van der Waals surface area contributed by atoms with Gasteiger partial charge in [0.2, 0.25) is 0 Å². The summed E-state index contributed by atoms with van der Waals surface area (Å²) in [7, 11) is 2.03. The predicted molar refractivity (Wildman–Crippen MR) is 91.6 cm³/mol.